The molecule has 0 unspecified atom stereocenters. The highest BCUT2D eigenvalue weighted by Gasteiger charge is 2.25. The minimum atomic E-state index is -3.05. The van der Waals surface area contributed by atoms with Gasteiger partial charge in [0.25, 0.3) is 6.43 Å². The molecule has 1 rings (SSSR count). The van der Waals surface area contributed by atoms with Gasteiger partial charge in [-0.3, -0.25) is 0 Å². The third-order valence-corrected chi connectivity index (χ3v) is 2.05. The van der Waals surface area contributed by atoms with E-state index in [0.717, 1.165) is 12.1 Å². The predicted molar refractivity (Wildman–Crippen MR) is 53.7 cm³/mol. The summed E-state index contributed by atoms with van der Waals surface area (Å²) in [6, 6.07) is 3.46. The van der Waals surface area contributed by atoms with Crippen molar-refractivity contribution >= 4 is 5.97 Å². The molecule has 0 heterocycles. The van der Waals surface area contributed by atoms with E-state index < -0.39 is 34.8 Å². The number of carbonyl (C=O) groups is 1. The Labute approximate surface area is 96.0 Å². The Morgan fingerprint density at radius 3 is 2.71 bits per heavy atom. The van der Waals surface area contributed by atoms with E-state index in [2.05, 4.69) is 4.74 Å². The van der Waals surface area contributed by atoms with Crippen LogP contribution in [0.5, 0.6) is 5.75 Å². The zero-order chi connectivity index (χ0) is 13.0. The lowest BCUT2D eigenvalue weighted by Crippen LogP contribution is -2.10. The maximum absolute atomic E-state index is 12.8. The van der Waals surface area contributed by atoms with Crippen molar-refractivity contribution in [2.45, 2.75) is 13.3 Å². The van der Waals surface area contributed by atoms with Crippen molar-refractivity contribution in [3.8, 4) is 11.8 Å². The lowest BCUT2D eigenvalue weighted by atomic mass is 10.0. The molecule has 0 fully saturated rings. The number of carbonyl (C=O) groups excluding carboxylic acids is 1. The molecule has 0 aliphatic heterocycles. The third-order valence-electron chi connectivity index (χ3n) is 2.05. The number of alkyl halides is 2. The summed E-state index contributed by atoms with van der Waals surface area (Å²) in [5.41, 5.74) is -1.81. The second-order valence-corrected chi connectivity index (χ2v) is 3.05. The summed E-state index contributed by atoms with van der Waals surface area (Å²) in [5.74, 6) is -1.53. The number of hydrogen-bond acceptors (Lipinski definition) is 4. The first-order valence-corrected chi connectivity index (χ1v) is 4.74. The van der Waals surface area contributed by atoms with E-state index in [1.165, 1.54) is 13.0 Å². The molecule has 0 saturated heterocycles. The van der Waals surface area contributed by atoms with Crippen LogP contribution < -0.4 is 0 Å². The molecular formula is C11H9F2NO3. The monoisotopic (exact) mass is 241 g/mol. The molecule has 0 amide bonds. The summed E-state index contributed by atoms with van der Waals surface area (Å²) in [6.45, 7) is 1.57. The van der Waals surface area contributed by atoms with Gasteiger partial charge in [0.15, 0.2) is 0 Å². The quantitative estimate of drug-likeness (QED) is 0.825. The molecule has 6 heteroatoms. The van der Waals surface area contributed by atoms with E-state index in [9.17, 15) is 18.7 Å². The Morgan fingerprint density at radius 1 is 1.59 bits per heavy atom. The van der Waals surface area contributed by atoms with Crippen LogP contribution in [-0.4, -0.2) is 17.7 Å². The van der Waals surface area contributed by atoms with Crippen LogP contribution in [0.3, 0.4) is 0 Å². The highest BCUT2D eigenvalue weighted by Crippen LogP contribution is 2.32. The number of rotatable bonds is 3. The summed E-state index contributed by atoms with van der Waals surface area (Å²) in [7, 11) is 0. The Hall–Kier alpha value is -2.16. The molecule has 0 aliphatic rings. The molecule has 1 aromatic carbocycles. The average Bonchev–Trinajstić information content (AvgIpc) is 2.28. The number of halogens is 2. The highest BCUT2D eigenvalue weighted by molar-refractivity contribution is 5.92. The fourth-order valence-corrected chi connectivity index (χ4v) is 1.34. The van der Waals surface area contributed by atoms with Crippen LogP contribution in [0.1, 0.15) is 34.8 Å². The third kappa shape index (κ3) is 2.50. The molecule has 90 valence electrons. The van der Waals surface area contributed by atoms with Gasteiger partial charge in [-0.15, -0.1) is 0 Å². The first-order valence-electron chi connectivity index (χ1n) is 4.74. The van der Waals surface area contributed by atoms with Crippen molar-refractivity contribution < 1.29 is 23.4 Å². The van der Waals surface area contributed by atoms with Crippen molar-refractivity contribution in [1.82, 2.24) is 0 Å². The van der Waals surface area contributed by atoms with E-state index in [-0.39, 0.29) is 6.61 Å². The van der Waals surface area contributed by atoms with Crippen molar-refractivity contribution in [2.75, 3.05) is 6.61 Å². The molecule has 0 spiro atoms. The van der Waals surface area contributed by atoms with E-state index in [1.54, 1.807) is 0 Å². The normalized spacial score (nSPS) is 10.1. The Morgan fingerprint density at radius 2 is 2.24 bits per heavy atom. The van der Waals surface area contributed by atoms with Gasteiger partial charge in [-0.25, -0.2) is 13.6 Å². The Kier molecular flexibility index (Phi) is 3.99. The van der Waals surface area contributed by atoms with E-state index in [0.29, 0.717) is 0 Å². The van der Waals surface area contributed by atoms with Crippen LogP contribution in [0.4, 0.5) is 8.78 Å². The molecule has 0 aliphatic carbocycles. The van der Waals surface area contributed by atoms with Crippen LogP contribution in [-0.2, 0) is 4.74 Å². The molecule has 0 saturated carbocycles. The number of nitriles is 1. The van der Waals surface area contributed by atoms with Gasteiger partial charge >= 0.3 is 5.97 Å². The molecule has 0 aromatic heterocycles. The lowest BCUT2D eigenvalue weighted by Gasteiger charge is -2.10. The molecule has 0 radical (unpaired) electrons. The molecule has 0 bridgehead atoms. The van der Waals surface area contributed by atoms with E-state index in [4.69, 9.17) is 5.26 Å². The van der Waals surface area contributed by atoms with Gasteiger partial charge < -0.3 is 9.84 Å². The van der Waals surface area contributed by atoms with Crippen LogP contribution in [0, 0.1) is 11.3 Å². The summed E-state index contributed by atoms with van der Waals surface area (Å²) >= 11 is 0. The van der Waals surface area contributed by atoms with Crippen LogP contribution in [0.2, 0.25) is 0 Å². The topological polar surface area (TPSA) is 70.3 Å². The minimum Gasteiger partial charge on any atom is -0.507 e. The maximum Gasteiger partial charge on any atom is 0.338 e. The highest BCUT2D eigenvalue weighted by atomic mass is 19.3. The number of nitrogens with zero attached hydrogens (tertiary/aromatic N) is 1. The maximum atomic E-state index is 12.8. The smallest absolute Gasteiger partial charge is 0.338 e. The molecule has 17 heavy (non-hydrogen) atoms. The van der Waals surface area contributed by atoms with Crippen molar-refractivity contribution in [2.24, 2.45) is 0 Å². The Bertz CT molecular complexity index is 480. The number of aromatic hydroxyl groups is 1. The first-order chi connectivity index (χ1) is 8.02. The first kappa shape index (κ1) is 12.9. The fourth-order valence-electron chi connectivity index (χ4n) is 1.34. The number of phenols is 1. The number of benzene rings is 1. The number of esters is 1. The second kappa shape index (κ2) is 5.25. The van der Waals surface area contributed by atoms with Crippen LogP contribution in [0.25, 0.3) is 0 Å². The minimum absolute atomic E-state index is 0.0320. The SMILES string of the molecule is CCOC(=O)c1ccc(O)c(C#N)c1C(F)F. The van der Waals surface area contributed by atoms with Crippen LogP contribution in [0.15, 0.2) is 12.1 Å². The van der Waals surface area contributed by atoms with Gasteiger partial charge in [-0.05, 0) is 19.1 Å². The largest absolute Gasteiger partial charge is 0.507 e. The summed E-state index contributed by atoms with van der Waals surface area (Å²) < 4.78 is 30.2. The molecule has 4 nitrogen and oxygen atoms in total. The summed E-state index contributed by atoms with van der Waals surface area (Å²) in [4.78, 5) is 11.4. The number of phenolic OH excluding ortho intramolecular Hbond substituents is 1. The number of ether oxygens (including phenoxy) is 1. The molecule has 1 N–H and O–H groups in total. The zero-order valence-corrected chi connectivity index (χ0v) is 8.91. The summed E-state index contributed by atoms with van der Waals surface area (Å²) in [5, 5.41) is 18.0. The van der Waals surface area contributed by atoms with Gasteiger partial charge in [0.1, 0.15) is 17.4 Å². The standard InChI is InChI=1S/C11H9F2NO3/c1-2-17-11(16)6-3-4-8(15)7(5-14)9(6)10(12)13/h3-4,10,15H,2H2,1H3. The van der Waals surface area contributed by atoms with Gasteiger partial charge in [-0.2, -0.15) is 5.26 Å². The number of hydrogen-bond donors (Lipinski definition) is 1. The van der Waals surface area contributed by atoms with Crippen molar-refractivity contribution in [3.63, 3.8) is 0 Å². The predicted octanol–water partition coefficient (Wildman–Crippen LogP) is 2.38. The molecular weight excluding hydrogens is 232 g/mol. The van der Waals surface area contributed by atoms with Gasteiger partial charge in [-0.1, -0.05) is 0 Å². The summed E-state index contributed by atoms with van der Waals surface area (Å²) in [6.07, 6.45) is -3.05. The lowest BCUT2D eigenvalue weighted by molar-refractivity contribution is 0.0515. The van der Waals surface area contributed by atoms with Crippen LogP contribution >= 0.6 is 0 Å². The van der Waals surface area contributed by atoms with Crippen molar-refractivity contribution in [3.05, 3.63) is 28.8 Å². The Balaban J connectivity index is 3.42. The fraction of sp³-hybridized carbons (Fsp3) is 0.273. The molecule has 0 atom stereocenters. The van der Waals surface area contributed by atoms with Gasteiger partial charge in [0, 0.05) is 0 Å². The average molecular weight is 241 g/mol. The van der Waals surface area contributed by atoms with E-state index in [1.807, 2.05) is 0 Å². The zero-order valence-electron chi connectivity index (χ0n) is 8.91. The van der Waals surface area contributed by atoms with Gasteiger partial charge in [0.2, 0.25) is 0 Å². The van der Waals surface area contributed by atoms with Gasteiger partial charge in [0.05, 0.1) is 17.7 Å². The second-order valence-electron chi connectivity index (χ2n) is 3.05. The molecule has 1 aromatic rings. The van der Waals surface area contributed by atoms with E-state index >= 15 is 0 Å². The van der Waals surface area contributed by atoms with Crippen molar-refractivity contribution in [1.29, 1.82) is 5.26 Å².